The average molecular weight is 313 g/mol. The molecule has 1 amide bonds. The third-order valence-corrected chi connectivity index (χ3v) is 4.49. The molecule has 0 saturated carbocycles. The van der Waals surface area contributed by atoms with E-state index < -0.39 is 5.82 Å². The maximum atomic E-state index is 13.2. The molecule has 6 heteroatoms. The number of benzene rings is 1. The van der Waals surface area contributed by atoms with Crippen molar-refractivity contribution in [3.8, 4) is 0 Å². The third-order valence-electron chi connectivity index (χ3n) is 4.20. The second-order valence-electron chi connectivity index (χ2n) is 5.84. The Bertz CT molecular complexity index is 554. The Labute approximate surface area is 128 Å². The minimum atomic E-state index is -0.505. The molecule has 21 heavy (non-hydrogen) atoms. The molecule has 0 radical (unpaired) electrons. The molecule has 3 rings (SSSR count). The number of carbonyl (C=O) groups excluding carboxylic acids is 1. The number of carbonyl (C=O) groups is 1. The lowest BCUT2D eigenvalue weighted by molar-refractivity contribution is 0.0433. The highest BCUT2D eigenvalue weighted by Crippen LogP contribution is 2.22. The molecule has 4 nitrogen and oxygen atoms in total. The van der Waals surface area contributed by atoms with Crippen LogP contribution in [0, 0.1) is 11.7 Å². The minimum Gasteiger partial charge on any atom is -0.379 e. The molecule has 2 aliphatic heterocycles. The second kappa shape index (κ2) is 5.91. The summed E-state index contributed by atoms with van der Waals surface area (Å²) >= 11 is 5.77. The van der Waals surface area contributed by atoms with Crippen LogP contribution in [0.3, 0.4) is 0 Å². The number of nitrogens with zero attached hydrogens (tertiary/aromatic N) is 2. The van der Waals surface area contributed by atoms with Crippen molar-refractivity contribution in [1.82, 2.24) is 9.80 Å². The largest absolute Gasteiger partial charge is 0.379 e. The fourth-order valence-electron chi connectivity index (χ4n) is 3.03. The summed E-state index contributed by atoms with van der Waals surface area (Å²) in [7, 11) is 2.06. The molecule has 0 aromatic heterocycles. The lowest BCUT2D eigenvalue weighted by atomic mass is 10.1. The van der Waals surface area contributed by atoms with Crippen LogP contribution in [0.4, 0.5) is 4.39 Å². The van der Waals surface area contributed by atoms with Crippen molar-refractivity contribution in [2.45, 2.75) is 6.04 Å². The van der Waals surface area contributed by atoms with E-state index >= 15 is 0 Å². The summed E-state index contributed by atoms with van der Waals surface area (Å²) in [5.41, 5.74) is 0.435. The summed E-state index contributed by atoms with van der Waals surface area (Å²) in [5, 5.41) is -0.0173. The number of likely N-dealkylation sites (N-methyl/N-ethyl adjacent to an activating group) is 1. The summed E-state index contributed by atoms with van der Waals surface area (Å²) in [6, 6.07) is 4.34. The van der Waals surface area contributed by atoms with Crippen molar-refractivity contribution in [3.63, 3.8) is 0 Å². The third kappa shape index (κ3) is 3.05. The molecule has 2 fully saturated rings. The van der Waals surface area contributed by atoms with Gasteiger partial charge in [-0.3, -0.25) is 9.69 Å². The quantitative estimate of drug-likeness (QED) is 0.794. The molecular formula is C15H18ClFN2O2. The van der Waals surface area contributed by atoms with E-state index in [1.165, 1.54) is 18.2 Å². The molecule has 2 atom stereocenters. The molecule has 1 aromatic rings. The van der Waals surface area contributed by atoms with E-state index in [9.17, 15) is 9.18 Å². The Hall–Kier alpha value is -1.17. The molecule has 2 aliphatic rings. The highest BCUT2D eigenvalue weighted by molar-refractivity contribution is 6.31. The zero-order valence-corrected chi connectivity index (χ0v) is 12.6. The molecule has 1 aromatic carbocycles. The highest BCUT2D eigenvalue weighted by Gasteiger charge is 2.33. The van der Waals surface area contributed by atoms with Crippen molar-refractivity contribution in [3.05, 3.63) is 34.6 Å². The first-order valence-corrected chi connectivity index (χ1v) is 7.44. The van der Waals surface area contributed by atoms with Gasteiger partial charge in [0.1, 0.15) is 5.82 Å². The van der Waals surface area contributed by atoms with Gasteiger partial charge in [-0.1, -0.05) is 11.6 Å². The molecule has 114 valence electrons. The normalized spacial score (nSPS) is 26.5. The maximum Gasteiger partial charge on any atom is 0.253 e. The van der Waals surface area contributed by atoms with Gasteiger partial charge in [-0.05, 0) is 25.2 Å². The summed E-state index contributed by atoms with van der Waals surface area (Å²) in [4.78, 5) is 16.7. The smallest absolute Gasteiger partial charge is 0.253 e. The summed E-state index contributed by atoms with van der Waals surface area (Å²) in [6.07, 6.45) is 0. The highest BCUT2D eigenvalue weighted by atomic mass is 35.5. The van der Waals surface area contributed by atoms with Crippen LogP contribution in [0.15, 0.2) is 18.2 Å². The van der Waals surface area contributed by atoms with Gasteiger partial charge in [0.2, 0.25) is 0 Å². The topological polar surface area (TPSA) is 32.8 Å². The van der Waals surface area contributed by atoms with E-state index in [-0.39, 0.29) is 17.0 Å². The summed E-state index contributed by atoms with van der Waals surface area (Å²) in [5.74, 6) is -0.291. The predicted octanol–water partition coefficient (Wildman–Crippen LogP) is 1.88. The van der Waals surface area contributed by atoms with Crippen LogP contribution in [-0.2, 0) is 4.74 Å². The van der Waals surface area contributed by atoms with E-state index in [2.05, 4.69) is 11.9 Å². The van der Waals surface area contributed by atoms with E-state index in [0.717, 1.165) is 6.54 Å². The Balaban J connectivity index is 1.82. The fourth-order valence-corrected chi connectivity index (χ4v) is 3.21. The van der Waals surface area contributed by atoms with Crippen LogP contribution in [0.1, 0.15) is 10.4 Å². The van der Waals surface area contributed by atoms with E-state index in [4.69, 9.17) is 16.3 Å². The molecule has 2 saturated heterocycles. The van der Waals surface area contributed by atoms with Gasteiger partial charge in [-0.2, -0.15) is 0 Å². The van der Waals surface area contributed by atoms with Crippen LogP contribution in [-0.4, -0.2) is 61.6 Å². The van der Waals surface area contributed by atoms with Gasteiger partial charge in [0.05, 0.1) is 24.3 Å². The molecule has 0 aliphatic carbocycles. The SMILES string of the molecule is CN1C[C@H]2COC[C@@H]1CN(C(=O)c1ccc(F)c(Cl)c1)C2. The Kier molecular flexibility index (Phi) is 4.15. The zero-order valence-electron chi connectivity index (χ0n) is 11.9. The number of hydrogen-bond donors (Lipinski definition) is 0. The lowest BCUT2D eigenvalue weighted by Gasteiger charge is -2.29. The van der Waals surface area contributed by atoms with Gasteiger partial charge in [-0.15, -0.1) is 0 Å². The first-order chi connectivity index (χ1) is 10.0. The molecule has 0 spiro atoms. The Morgan fingerprint density at radius 2 is 2.14 bits per heavy atom. The van der Waals surface area contributed by atoms with Crippen molar-refractivity contribution >= 4 is 17.5 Å². The number of ether oxygens (including phenoxy) is 1. The van der Waals surface area contributed by atoms with Crippen LogP contribution < -0.4 is 0 Å². The zero-order chi connectivity index (χ0) is 15.0. The van der Waals surface area contributed by atoms with Gasteiger partial charge in [0.15, 0.2) is 0 Å². The fraction of sp³-hybridized carbons (Fsp3) is 0.533. The Morgan fingerprint density at radius 3 is 2.90 bits per heavy atom. The number of fused-ring (bicyclic) bond motifs is 3. The van der Waals surface area contributed by atoms with Gasteiger partial charge in [-0.25, -0.2) is 4.39 Å². The molecular weight excluding hydrogens is 295 g/mol. The number of hydrogen-bond acceptors (Lipinski definition) is 3. The molecule has 2 bridgehead atoms. The number of halogens is 2. The van der Waals surface area contributed by atoms with Crippen LogP contribution in [0.2, 0.25) is 5.02 Å². The molecule has 0 unspecified atom stereocenters. The van der Waals surface area contributed by atoms with Gasteiger partial charge in [0, 0.05) is 31.1 Å². The van der Waals surface area contributed by atoms with Gasteiger partial charge < -0.3 is 9.64 Å². The standard InChI is InChI=1S/C15H18ClFN2O2/c1-18-5-10-6-19(7-12(18)9-21-8-10)15(20)11-2-3-14(17)13(16)4-11/h2-4,10,12H,5-9H2,1H3/t10-,12+/m1/s1. The van der Waals surface area contributed by atoms with Crippen LogP contribution >= 0.6 is 11.6 Å². The first kappa shape index (κ1) is 14.8. The first-order valence-electron chi connectivity index (χ1n) is 7.07. The minimum absolute atomic E-state index is 0.0173. The van der Waals surface area contributed by atoms with Crippen molar-refractivity contribution < 1.29 is 13.9 Å². The predicted molar refractivity (Wildman–Crippen MR) is 78.0 cm³/mol. The van der Waals surface area contributed by atoms with E-state index in [1.807, 2.05) is 4.90 Å². The molecule has 2 heterocycles. The van der Waals surface area contributed by atoms with E-state index in [1.54, 1.807) is 0 Å². The number of amides is 1. The van der Waals surface area contributed by atoms with E-state index in [0.29, 0.717) is 37.8 Å². The van der Waals surface area contributed by atoms with Crippen molar-refractivity contribution in [2.75, 3.05) is 39.9 Å². The summed E-state index contributed by atoms with van der Waals surface area (Å²) in [6.45, 7) is 3.53. The lowest BCUT2D eigenvalue weighted by Crippen LogP contribution is -2.44. The van der Waals surface area contributed by atoms with Crippen molar-refractivity contribution in [1.29, 1.82) is 0 Å². The van der Waals surface area contributed by atoms with Gasteiger partial charge in [0.25, 0.3) is 5.91 Å². The molecule has 0 N–H and O–H groups in total. The van der Waals surface area contributed by atoms with Crippen LogP contribution in [0.25, 0.3) is 0 Å². The Morgan fingerprint density at radius 1 is 1.33 bits per heavy atom. The van der Waals surface area contributed by atoms with Crippen LogP contribution in [0.5, 0.6) is 0 Å². The average Bonchev–Trinajstić information content (AvgIpc) is 2.69. The second-order valence-corrected chi connectivity index (χ2v) is 6.24. The summed E-state index contributed by atoms with van der Waals surface area (Å²) < 4.78 is 18.9. The maximum absolute atomic E-state index is 13.2. The van der Waals surface area contributed by atoms with Crippen molar-refractivity contribution in [2.24, 2.45) is 5.92 Å². The van der Waals surface area contributed by atoms with Gasteiger partial charge >= 0.3 is 0 Å². The monoisotopic (exact) mass is 312 g/mol. The number of rotatable bonds is 1.